The summed E-state index contributed by atoms with van der Waals surface area (Å²) < 4.78 is 0. The highest BCUT2D eigenvalue weighted by Crippen LogP contribution is 2.34. The van der Waals surface area contributed by atoms with Crippen molar-refractivity contribution in [1.29, 1.82) is 0 Å². The number of carbonyl (C=O) groups is 1. The van der Waals surface area contributed by atoms with E-state index in [1.165, 1.54) is 31.2 Å². The third-order valence-electron chi connectivity index (χ3n) is 4.22. The number of fused-ring (bicyclic) bond motifs is 1. The second kappa shape index (κ2) is 4.73. The van der Waals surface area contributed by atoms with Crippen LogP contribution >= 0.6 is 0 Å². The summed E-state index contributed by atoms with van der Waals surface area (Å²) in [4.78, 5) is 13.8. The normalized spacial score (nSPS) is 24.4. The maximum Gasteiger partial charge on any atom is 0.228 e. The van der Waals surface area contributed by atoms with Crippen LogP contribution in [0.5, 0.6) is 0 Å². The van der Waals surface area contributed by atoms with Gasteiger partial charge in [-0.2, -0.15) is 0 Å². The number of rotatable bonds is 2. The van der Waals surface area contributed by atoms with Gasteiger partial charge in [-0.25, -0.2) is 0 Å². The van der Waals surface area contributed by atoms with Gasteiger partial charge in [-0.1, -0.05) is 31.0 Å². The van der Waals surface area contributed by atoms with Crippen molar-refractivity contribution in [3.63, 3.8) is 0 Å². The molecule has 18 heavy (non-hydrogen) atoms. The van der Waals surface area contributed by atoms with Crippen LogP contribution in [0.15, 0.2) is 24.3 Å². The minimum atomic E-state index is 0.202. The number of carbonyl (C=O) groups excluding carboxylic acids is 1. The molecule has 0 spiro atoms. The van der Waals surface area contributed by atoms with Crippen molar-refractivity contribution in [3.05, 3.63) is 29.8 Å². The van der Waals surface area contributed by atoms with E-state index in [4.69, 9.17) is 0 Å². The molecule has 1 heterocycles. The number of anilines is 1. The summed E-state index contributed by atoms with van der Waals surface area (Å²) in [6.45, 7) is 0. The van der Waals surface area contributed by atoms with Gasteiger partial charge >= 0.3 is 0 Å². The van der Waals surface area contributed by atoms with Crippen LogP contribution in [-0.2, 0) is 4.79 Å². The van der Waals surface area contributed by atoms with E-state index in [-0.39, 0.29) is 11.9 Å². The van der Waals surface area contributed by atoms with Crippen molar-refractivity contribution in [2.24, 2.45) is 0 Å². The SMILES string of the molecule is CN1C(=O)CC(NC2CCCC2)c2ccccc21. The van der Waals surface area contributed by atoms with Crippen molar-refractivity contribution in [3.8, 4) is 0 Å². The lowest BCUT2D eigenvalue weighted by atomic mass is 9.95. The fraction of sp³-hybridized carbons (Fsp3) is 0.533. The molecule has 3 heteroatoms. The Morgan fingerprint density at radius 2 is 1.94 bits per heavy atom. The molecule has 96 valence electrons. The molecule has 1 aliphatic heterocycles. The Labute approximate surface area is 108 Å². The molecule has 1 aliphatic carbocycles. The van der Waals surface area contributed by atoms with Gasteiger partial charge in [0.2, 0.25) is 5.91 Å². The van der Waals surface area contributed by atoms with Crippen LogP contribution in [0.2, 0.25) is 0 Å². The van der Waals surface area contributed by atoms with Gasteiger partial charge in [0.15, 0.2) is 0 Å². The molecule has 1 N–H and O–H groups in total. The van der Waals surface area contributed by atoms with Gasteiger partial charge in [0.25, 0.3) is 0 Å². The molecule has 2 aliphatic rings. The molecule has 1 unspecified atom stereocenters. The first-order chi connectivity index (χ1) is 8.75. The van der Waals surface area contributed by atoms with Gasteiger partial charge < -0.3 is 10.2 Å². The number of benzene rings is 1. The maximum absolute atomic E-state index is 12.0. The summed E-state index contributed by atoms with van der Waals surface area (Å²) in [6, 6.07) is 9.04. The molecular weight excluding hydrogens is 224 g/mol. The number of hydrogen-bond acceptors (Lipinski definition) is 2. The fourth-order valence-corrected chi connectivity index (χ4v) is 3.17. The molecule has 0 radical (unpaired) electrons. The lowest BCUT2D eigenvalue weighted by Crippen LogP contribution is -2.40. The highest BCUT2D eigenvalue weighted by molar-refractivity contribution is 5.96. The molecule has 1 saturated carbocycles. The average Bonchev–Trinajstić information content (AvgIpc) is 2.89. The van der Waals surface area contributed by atoms with Gasteiger partial charge in [-0.05, 0) is 24.5 Å². The Kier molecular flexibility index (Phi) is 3.08. The Balaban J connectivity index is 1.86. The van der Waals surface area contributed by atoms with Crippen LogP contribution in [0.25, 0.3) is 0 Å². The highest BCUT2D eigenvalue weighted by Gasteiger charge is 2.30. The average molecular weight is 244 g/mol. The van der Waals surface area contributed by atoms with E-state index in [9.17, 15) is 4.79 Å². The summed E-state index contributed by atoms with van der Waals surface area (Å²) >= 11 is 0. The zero-order chi connectivity index (χ0) is 12.5. The van der Waals surface area contributed by atoms with Gasteiger partial charge in [-0.3, -0.25) is 4.79 Å². The largest absolute Gasteiger partial charge is 0.315 e. The van der Waals surface area contributed by atoms with E-state index in [0.717, 1.165) is 5.69 Å². The van der Waals surface area contributed by atoms with E-state index < -0.39 is 0 Å². The molecule has 0 saturated heterocycles. The Hall–Kier alpha value is -1.35. The monoisotopic (exact) mass is 244 g/mol. The standard InChI is InChI=1S/C15H20N2O/c1-17-14-9-5-4-8-12(14)13(10-15(17)18)16-11-6-2-3-7-11/h4-5,8-9,11,13,16H,2-3,6-7,10H2,1H3. The number of hydrogen-bond donors (Lipinski definition) is 1. The minimum absolute atomic E-state index is 0.202. The zero-order valence-corrected chi connectivity index (χ0v) is 10.9. The van der Waals surface area contributed by atoms with E-state index in [1.54, 1.807) is 4.90 Å². The van der Waals surface area contributed by atoms with Gasteiger partial charge in [0.1, 0.15) is 0 Å². The molecule has 0 bridgehead atoms. The summed E-state index contributed by atoms with van der Waals surface area (Å²) in [5.74, 6) is 0.212. The van der Waals surface area contributed by atoms with Crippen molar-refractivity contribution < 1.29 is 4.79 Å². The third-order valence-corrected chi connectivity index (χ3v) is 4.22. The molecule has 3 rings (SSSR count). The molecule has 1 amide bonds. The van der Waals surface area contributed by atoms with Crippen molar-refractivity contribution in [1.82, 2.24) is 5.32 Å². The van der Waals surface area contributed by atoms with Crippen LogP contribution in [0.1, 0.15) is 43.7 Å². The summed E-state index contributed by atoms with van der Waals surface area (Å²) in [7, 11) is 1.87. The van der Waals surface area contributed by atoms with Gasteiger partial charge in [0.05, 0.1) is 0 Å². The summed E-state index contributed by atoms with van der Waals surface area (Å²) in [5, 5.41) is 3.68. The van der Waals surface area contributed by atoms with Crippen LogP contribution in [0, 0.1) is 0 Å². The Morgan fingerprint density at radius 3 is 2.72 bits per heavy atom. The second-order valence-electron chi connectivity index (χ2n) is 5.42. The first-order valence-electron chi connectivity index (χ1n) is 6.87. The number of nitrogens with zero attached hydrogens (tertiary/aromatic N) is 1. The first kappa shape index (κ1) is 11.7. The van der Waals surface area contributed by atoms with Crippen molar-refractivity contribution >= 4 is 11.6 Å². The maximum atomic E-state index is 12.0. The first-order valence-corrected chi connectivity index (χ1v) is 6.87. The summed E-state index contributed by atoms with van der Waals surface area (Å²) in [5.41, 5.74) is 2.33. The minimum Gasteiger partial charge on any atom is -0.315 e. The van der Waals surface area contributed by atoms with Crippen LogP contribution in [0.4, 0.5) is 5.69 Å². The number of para-hydroxylation sites is 1. The van der Waals surface area contributed by atoms with Crippen LogP contribution in [-0.4, -0.2) is 19.0 Å². The van der Waals surface area contributed by atoms with Crippen molar-refractivity contribution in [2.75, 3.05) is 11.9 Å². The quantitative estimate of drug-likeness (QED) is 0.867. The molecule has 1 aromatic carbocycles. The zero-order valence-electron chi connectivity index (χ0n) is 10.9. The van der Waals surface area contributed by atoms with Crippen LogP contribution in [0.3, 0.4) is 0 Å². The van der Waals surface area contributed by atoms with E-state index in [2.05, 4.69) is 17.4 Å². The van der Waals surface area contributed by atoms with E-state index >= 15 is 0 Å². The topological polar surface area (TPSA) is 32.3 Å². The van der Waals surface area contributed by atoms with Crippen molar-refractivity contribution in [2.45, 2.75) is 44.2 Å². The van der Waals surface area contributed by atoms with E-state index in [0.29, 0.717) is 12.5 Å². The fourth-order valence-electron chi connectivity index (χ4n) is 3.17. The molecular formula is C15H20N2O. The molecule has 0 aromatic heterocycles. The molecule has 1 atom stereocenters. The highest BCUT2D eigenvalue weighted by atomic mass is 16.2. The van der Waals surface area contributed by atoms with Gasteiger partial charge in [-0.15, -0.1) is 0 Å². The Bertz CT molecular complexity index is 452. The summed E-state index contributed by atoms with van der Waals surface area (Å²) in [6.07, 6.45) is 5.73. The number of amides is 1. The predicted molar refractivity (Wildman–Crippen MR) is 72.6 cm³/mol. The smallest absolute Gasteiger partial charge is 0.228 e. The lowest BCUT2D eigenvalue weighted by molar-refractivity contribution is -0.119. The van der Waals surface area contributed by atoms with Gasteiger partial charge in [0, 0.05) is 31.2 Å². The number of nitrogens with one attached hydrogen (secondary N) is 1. The van der Waals surface area contributed by atoms with Crippen LogP contribution < -0.4 is 10.2 Å². The Morgan fingerprint density at radius 1 is 1.22 bits per heavy atom. The molecule has 1 aromatic rings. The van der Waals surface area contributed by atoms with E-state index in [1.807, 2.05) is 19.2 Å². The molecule has 3 nitrogen and oxygen atoms in total. The predicted octanol–water partition coefficient (Wildman–Crippen LogP) is 2.63. The molecule has 1 fully saturated rings. The second-order valence-corrected chi connectivity index (χ2v) is 5.42. The third kappa shape index (κ3) is 2.03. The lowest BCUT2D eigenvalue weighted by Gasteiger charge is -2.33.